The first-order chi connectivity index (χ1) is 11.8. The molecular formula is C17H18ClF3N2O2. The number of amides is 1. The predicted octanol–water partition coefficient (Wildman–Crippen LogP) is 3.97. The van der Waals surface area contributed by atoms with Crippen LogP contribution in [0.3, 0.4) is 0 Å². The van der Waals surface area contributed by atoms with Crippen molar-refractivity contribution in [3.05, 3.63) is 45.0 Å². The molecule has 2 aliphatic carbocycles. The van der Waals surface area contributed by atoms with E-state index in [9.17, 15) is 22.8 Å². The van der Waals surface area contributed by atoms with Gasteiger partial charge in [-0.1, -0.05) is 17.7 Å². The molecule has 2 aliphatic rings. The maximum absolute atomic E-state index is 12.9. The van der Waals surface area contributed by atoms with E-state index in [0.29, 0.717) is 12.3 Å². The van der Waals surface area contributed by atoms with E-state index in [0.717, 1.165) is 48.8 Å². The minimum atomic E-state index is -4.63. The highest BCUT2D eigenvalue weighted by Crippen LogP contribution is 2.34. The molecule has 0 spiro atoms. The van der Waals surface area contributed by atoms with Gasteiger partial charge in [-0.15, -0.1) is 0 Å². The Morgan fingerprint density at radius 2 is 2.04 bits per heavy atom. The number of rotatable bonds is 4. The second-order valence-electron chi connectivity index (χ2n) is 6.44. The minimum absolute atomic E-state index is 0.0915. The summed E-state index contributed by atoms with van der Waals surface area (Å²) < 4.78 is 39.5. The fourth-order valence-electron chi connectivity index (χ4n) is 3.06. The van der Waals surface area contributed by atoms with Gasteiger partial charge in [0.15, 0.2) is 0 Å². The molecule has 8 heteroatoms. The van der Waals surface area contributed by atoms with Gasteiger partial charge in [0.05, 0.1) is 5.56 Å². The monoisotopic (exact) mass is 374 g/mol. The zero-order valence-electron chi connectivity index (χ0n) is 13.5. The fourth-order valence-corrected chi connectivity index (χ4v) is 3.29. The third kappa shape index (κ3) is 4.08. The molecule has 1 aromatic rings. The van der Waals surface area contributed by atoms with Crippen LogP contribution in [0, 0.1) is 0 Å². The van der Waals surface area contributed by atoms with Gasteiger partial charge in [-0.05, 0) is 44.6 Å². The molecule has 0 radical (unpaired) electrons. The number of pyridine rings is 1. The highest BCUT2D eigenvalue weighted by molar-refractivity contribution is 6.30. The molecule has 0 unspecified atom stereocenters. The van der Waals surface area contributed by atoms with Crippen LogP contribution < -0.4 is 5.56 Å². The molecule has 0 aromatic carbocycles. The van der Waals surface area contributed by atoms with E-state index >= 15 is 0 Å². The van der Waals surface area contributed by atoms with Crippen molar-refractivity contribution in [3.8, 4) is 0 Å². The first-order valence-corrected chi connectivity index (χ1v) is 8.63. The minimum Gasteiger partial charge on any atom is -0.312 e. The van der Waals surface area contributed by atoms with Gasteiger partial charge in [0, 0.05) is 17.9 Å². The number of alkyl halides is 3. The van der Waals surface area contributed by atoms with Gasteiger partial charge in [0.1, 0.15) is 11.6 Å². The van der Waals surface area contributed by atoms with Crippen LogP contribution in [0.4, 0.5) is 13.2 Å². The fraction of sp³-hybridized carbons (Fsp3) is 0.529. The normalized spacial score (nSPS) is 18.0. The average Bonchev–Trinajstić information content (AvgIpc) is 3.36. The molecule has 1 heterocycles. The molecule has 1 aromatic heterocycles. The standard InChI is InChI=1S/C17H18ClF3N2O2/c18-14-8-11(17(19,20)21)9-22(16(14)25)10-15(24)23(13-6-7-13)12-4-2-1-3-5-12/h4,8-9,13H,1-3,5-7,10H2. The number of hydrogen-bond acceptors (Lipinski definition) is 2. The summed E-state index contributed by atoms with van der Waals surface area (Å²) in [6.07, 6.45) is 3.51. The summed E-state index contributed by atoms with van der Waals surface area (Å²) in [6.45, 7) is -0.448. The highest BCUT2D eigenvalue weighted by Gasteiger charge is 2.36. The van der Waals surface area contributed by atoms with E-state index in [1.54, 1.807) is 4.90 Å². The molecule has 0 bridgehead atoms. The van der Waals surface area contributed by atoms with Crippen molar-refractivity contribution >= 4 is 17.5 Å². The van der Waals surface area contributed by atoms with Gasteiger partial charge in [-0.25, -0.2) is 0 Å². The number of carbonyl (C=O) groups excluding carboxylic acids is 1. The van der Waals surface area contributed by atoms with Gasteiger partial charge in [-0.2, -0.15) is 13.2 Å². The Morgan fingerprint density at radius 3 is 2.60 bits per heavy atom. The number of nitrogens with zero attached hydrogens (tertiary/aromatic N) is 2. The van der Waals surface area contributed by atoms with Crippen LogP contribution in [0.2, 0.25) is 5.02 Å². The number of hydrogen-bond donors (Lipinski definition) is 0. The predicted molar refractivity (Wildman–Crippen MR) is 87.1 cm³/mol. The largest absolute Gasteiger partial charge is 0.417 e. The Morgan fingerprint density at radius 1 is 1.32 bits per heavy atom. The summed E-state index contributed by atoms with van der Waals surface area (Å²) in [7, 11) is 0. The quantitative estimate of drug-likeness (QED) is 0.800. The van der Waals surface area contributed by atoms with Gasteiger partial charge in [0.25, 0.3) is 5.56 Å². The van der Waals surface area contributed by atoms with Gasteiger partial charge in [-0.3, -0.25) is 9.59 Å². The Kier molecular flexibility index (Phi) is 4.95. The maximum Gasteiger partial charge on any atom is 0.417 e. The molecule has 4 nitrogen and oxygen atoms in total. The smallest absolute Gasteiger partial charge is 0.312 e. The second kappa shape index (κ2) is 6.86. The molecule has 1 saturated carbocycles. The topological polar surface area (TPSA) is 42.3 Å². The Labute approximate surface area is 147 Å². The molecule has 136 valence electrons. The lowest BCUT2D eigenvalue weighted by atomic mass is 10.0. The third-order valence-corrected chi connectivity index (χ3v) is 4.70. The van der Waals surface area contributed by atoms with E-state index in [2.05, 4.69) is 0 Å². The molecule has 0 atom stereocenters. The molecule has 3 rings (SSSR count). The first kappa shape index (κ1) is 18.0. The SMILES string of the molecule is O=C(Cn1cc(C(F)(F)F)cc(Cl)c1=O)N(C1=CCCCC1)C1CC1. The summed E-state index contributed by atoms with van der Waals surface area (Å²) in [5.41, 5.74) is -0.916. The lowest BCUT2D eigenvalue weighted by Gasteiger charge is -2.28. The van der Waals surface area contributed by atoms with E-state index in [-0.39, 0.29) is 11.9 Å². The summed E-state index contributed by atoms with van der Waals surface area (Å²) >= 11 is 5.64. The number of aromatic nitrogens is 1. The van der Waals surface area contributed by atoms with Gasteiger partial charge < -0.3 is 9.47 Å². The summed E-state index contributed by atoms with van der Waals surface area (Å²) in [4.78, 5) is 26.4. The Balaban J connectivity index is 1.88. The van der Waals surface area contributed by atoms with Crippen molar-refractivity contribution in [2.45, 2.75) is 57.3 Å². The number of carbonyl (C=O) groups is 1. The van der Waals surface area contributed by atoms with Crippen LogP contribution >= 0.6 is 11.6 Å². The molecule has 0 N–H and O–H groups in total. The van der Waals surface area contributed by atoms with Crippen molar-refractivity contribution in [1.29, 1.82) is 0 Å². The van der Waals surface area contributed by atoms with Crippen molar-refractivity contribution < 1.29 is 18.0 Å². The van der Waals surface area contributed by atoms with Gasteiger partial charge >= 0.3 is 6.18 Å². The Bertz CT molecular complexity index is 766. The van der Waals surface area contributed by atoms with Crippen molar-refractivity contribution in [2.24, 2.45) is 0 Å². The number of allylic oxidation sites excluding steroid dienone is 2. The van der Waals surface area contributed by atoms with E-state index < -0.39 is 28.9 Å². The lowest BCUT2D eigenvalue weighted by molar-refractivity contribution is -0.138. The molecule has 0 aliphatic heterocycles. The summed E-state index contributed by atoms with van der Waals surface area (Å²) in [5.74, 6) is -0.367. The molecule has 25 heavy (non-hydrogen) atoms. The van der Waals surface area contributed by atoms with E-state index in [4.69, 9.17) is 11.6 Å². The molecule has 1 amide bonds. The lowest BCUT2D eigenvalue weighted by Crippen LogP contribution is -2.38. The first-order valence-electron chi connectivity index (χ1n) is 8.25. The van der Waals surface area contributed by atoms with Crippen LogP contribution in [-0.4, -0.2) is 21.4 Å². The van der Waals surface area contributed by atoms with Crippen LogP contribution in [0.25, 0.3) is 0 Å². The average molecular weight is 375 g/mol. The zero-order chi connectivity index (χ0) is 18.2. The van der Waals surface area contributed by atoms with E-state index in [1.165, 1.54) is 0 Å². The Hall–Kier alpha value is -1.76. The van der Waals surface area contributed by atoms with Crippen LogP contribution in [-0.2, 0) is 17.5 Å². The molecule has 0 saturated heterocycles. The van der Waals surface area contributed by atoms with Crippen LogP contribution in [0.5, 0.6) is 0 Å². The maximum atomic E-state index is 12.9. The molecular weight excluding hydrogens is 357 g/mol. The molecule has 1 fully saturated rings. The summed E-state index contributed by atoms with van der Waals surface area (Å²) in [6, 6.07) is 0.682. The van der Waals surface area contributed by atoms with Gasteiger partial charge in [0.2, 0.25) is 5.91 Å². The van der Waals surface area contributed by atoms with Crippen molar-refractivity contribution in [1.82, 2.24) is 9.47 Å². The highest BCUT2D eigenvalue weighted by atomic mass is 35.5. The van der Waals surface area contributed by atoms with Crippen molar-refractivity contribution in [2.75, 3.05) is 0 Å². The third-order valence-electron chi connectivity index (χ3n) is 4.43. The van der Waals surface area contributed by atoms with Crippen LogP contribution in [0.15, 0.2) is 28.8 Å². The number of halogens is 4. The van der Waals surface area contributed by atoms with E-state index in [1.807, 2.05) is 6.08 Å². The second-order valence-corrected chi connectivity index (χ2v) is 6.85. The van der Waals surface area contributed by atoms with Crippen molar-refractivity contribution in [3.63, 3.8) is 0 Å². The summed E-state index contributed by atoms with van der Waals surface area (Å²) in [5, 5.41) is -0.544. The van der Waals surface area contributed by atoms with Crippen LogP contribution in [0.1, 0.15) is 44.1 Å². The zero-order valence-corrected chi connectivity index (χ0v) is 14.2.